The number of amides is 2. The maximum Gasteiger partial charge on any atom is 0.233 e. The van der Waals surface area contributed by atoms with Crippen molar-refractivity contribution in [2.45, 2.75) is 38.7 Å². The van der Waals surface area contributed by atoms with Crippen LogP contribution in [0, 0.1) is 17.8 Å². The van der Waals surface area contributed by atoms with E-state index in [4.69, 9.17) is 9.47 Å². The van der Waals surface area contributed by atoms with Crippen LogP contribution in [-0.4, -0.2) is 55.3 Å². The first kappa shape index (κ1) is 21.8. The molecule has 2 fully saturated rings. The minimum atomic E-state index is -0.299. The number of hydrogen-bond acceptors (Lipinski definition) is 5. The van der Waals surface area contributed by atoms with Crippen molar-refractivity contribution in [3.8, 4) is 5.75 Å². The molecule has 2 aliphatic heterocycles. The Bertz CT molecular complexity index is 934. The highest BCUT2D eigenvalue weighted by atomic mass is 16.5. The van der Waals surface area contributed by atoms with Gasteiger partial charge in [0, 0.05) is 20.1 Å². The molecule has 2 heterocycles. The highest BCUT2D eigenvalue weighted by Gasteiger charge is 2.55. The average molecular weight is 426 g/mol. The molecule has 1 N–H and O–H groups in total. The number of phenolic OH excluding ortho intramolecular Hbond substituents is 1. The van der Waals surface area contributed by atoms with Crippen LogP contribution in [0.1, 0.15) is 38.2 Å². The smallest absolute Gasteiger partial charge is 0.233 e. The molecule has 3 aliphatic rings. The fraction of sp³-hybridized carbons (Fsp3) is 0.520. The number of phenols is 1. The van der Waals surface area contributed by atoms with Crippen molar-refractivity contribution in [1.29, 1.82) is 0 Å². The third-order valence-electron chi connectivity index (χ3n) is 6.97. The van der Waals surface area contributed by atoms with Crippen LogP contribution in [0.15, 0.2) is 41.0 Å². The summed E-state index contributed by atoms with van der Waals surface area (Å²) in [5.41, 5.74) is 4.59. The molecule has 2 amide bonds. The molecule has 0 aromatic heterocycles. The van der Waals surface area contributed by atoms with Crippen LogP contribution in [0.25, 0.3) is 6.08 Å². The van der Waals surface area contributed by atoms with Gasteiger partial charge in [0.2, 0.25) is 11.8 Å². The summed E-state index contributed by atoms with van der Waals surface area (Å²) < 4.78 is 11.7. The number of aromatic hydroxyl groups is 1. The van der Waals surface area contributed by atoms with Crippen molar-refractivity contribution >= 4 is 17.9 Å². The first-order valence-corrected chi connectivity index (χ1v) is 11.1. The lowest BCUT2D eigenvalue weighted by Crippen LogP contribution is -2.34. The zero-order chi connectivity index (χ0) is 22.1. The van der Waals surface area contributed by atoms with Crippen molar-refractivity contribution in [2.24, 2.45) is 17.8 Å². The minimum absolute atomic E-state index is 0.0320. The summed E-state index contributed by atoms with van der Waals surface area (Å²) in [6.45, 7) is 3.09. The molecule has 166 valence electrons. The van der Waals surface area contributed by atoms with Crippen molar-refractivity contribution in [3.05, 3.63) is 46.5 Å². The zero-order valence-electron chi connectivity index (χ0n) is 18.5. The number of carbonyl (C=O) groups excluding carboxylic acids is 2. The third-order valence-corrected chi connectivity index (χ3v) is 6.97. The SMILES string of the molecule is CC/C(=C\c1cccc(O)c1)CC[C@H]1OC[C@H]2C1=C(COC)C[C@H]1C(=O)N(C)C(=O)[C@H]12. The Kier molecular flexibility index (Phi) is 6.30. The predicted molar refractivity (Wildman–Crippen MR) is 117 cm³/mol. The van der Waals surface area contributed by atoms with E-state index in [1.807, 2.05) is 12.1 Å². The lowest BCUT2D eigenvalue weighted by molar-refractivity contribution is -0.138. The fourth-order valence-corrected chi connectivity index (χ4v) is 5.45. The van der Waals surface area contributed by atoms with Gasteiger partial charge < -0.3 is 14.6 Å². The largest absolute Gasteiger partial charge is 0.508 e. The number of benzene rings is 1. The number of rotatable bonds is 7. The van der Waals surface area contributed by atoms with Crippen LogP contribution < -0.4 is 0 Å². The number of methoxy groups -OCH3 is 1. The standard InChI is InChI=1S/C25H31NO5/c1-4-15(10-16-6-5-7-18(27)11-16)8-9-21-22-17(13-30-3)12-19-23(20(22)14-31-21)25(29)26(2)24(19)28/h5-7,10-11,19-21,23,27H,4,8-9,12-14H2,1-3H3/b15-10+/t19-,20+,21-,23-/m1/s1. The second-order valence-electron chi connectivity index (χ2n) is 8.78. The molecule has 2 saturated heterocycles. The van der Waals surface area contributed by atoms with E-state index in [9.17, 15) is 14.7 Å². The van der Waals surface area contributed by atoms with E-state index in [0.717, 1.165) is 30.4 Å². The van der Waals surface area contributed by atoms with Crippen molar-refractivity contribution in [3.63, 3.8) is 0 Å². The molecule has 0 radical (unpaired) electrons. The van der Waals surface area contributed by atoms with E-state index < -0.39 is 0 Å². The number of allylic oxidation sites excluding steroid dienone is 1. The molecule has 0 saturated carbocycles. The van der Waals surface area contributed by atoms with E-state index in [-0.39, 0.29) is 41.4 Å². The van der Waals surface area contributed by atoms with E-state index >= 15 is 0 Å². The number of nitrogens with zero attached hydrogens (tertiary/aromatic N) is 1. The average Bonchev–Trinajstić information content (AvgIpc) is 3.27. The highest BCUT2D eigenvalue weighted by Crippen LogP contribution is 2.49. The zero-order valence-corrected chi connectivity index (χ0v) is 18.5. The van der Waals surface area contributed by atoms with Gasteiger partial charge in [-0.05, 0) is 54.5 Å². The molecule has 0 bridgehead atoms. The number of hydrogen-bond donors (Lipinski definition) is 1. The van der Waals surface area contributed by atoms with E-state index in [0.29, 0.717) is 19.6 Å². The van der Waals surface area contributed by atoms with Crippen LogP contribution in [0.4, 0.5) is 0 Å². The molecule has 4 rings (SSSR count). The normalized spacial score (nSPS) is 28.4. The van der Waals surface area contributed by atoms with Crippen LogP contribution in [-0.2, 0) is 19.1 Å². The minimum Gasteiger partial charge on any atom is -0.508 e. The van der Waals surface area contributed by atoms with Gasteiger partial charge in [-0.1, -0.05) is 30.7 Å². The number of imide groups is 1. The van der Waals surface area contributed by atoms with Gasteiger partial charge in [-0.2, -0.15) is 0 Å². The summed E-state index contributed by atoms with van der Waals surface area (Å²) in [4.78, 5) is 26.7. The monoisotopic (exact) mass is 425 g/mol. The molecule has 1 aromatic rings. The summed E-state index contributed by atoms with van der Waals surface area (Å²) in [6.07, 6.45) is 5.27. The molecular formula is C25H31NO5. The second-order valence-corrected chi connectivity index (χ2v) is 8.78. The Morgan fingerprint density at radius 3 is 2.81 bits per heavy atom. The first-order valence-electron chi connectivity index (χ1n) is 11.1. The summed E-state index contributed by atoms with van der Waals surface area (Å²) in [5, 5.41) is 9.72. The summed E-state index contributed by atoms with van der Waals surface area (Å²) >= 11 is 0. The summed E-state index contributed by atoms with van der Waals surface area (Å²) in [7, 11) is 3.26. The fourth-order valence-electron chi connectivity index (χ4n) is 5.45. The lowest BCUT2D eigenvalue weighted by atomic mass is 9.69. The quantitative estimate of drug-likeness (QED) is 0.534. The highest BCUT2D eigenvalue weighted by molar-refractivity contribution is 6.05. The molecule has 1 aromatic carbocycles. The topological polar surface area (TPSA) is 76.1 Å². The lowest BCUT2D eigenvalue weighted by Gasteiger charge is -2.31. The summed E-state index contributed by atoms with van der Waals surface area (Å²) in [5.74, 6) is -0.500. The van der Waals surface area contributed by atoms with Gasteiger partial charge in [0.25, 0.3) is 0 Å². The van der Waals surface area contributed by atoms with Gasteiger partial charge in [-0.25, -0.2) is 0 Å². The molecule has 0 spiro atoms. The predicted octanol–water partition coefficient (Wildman–Crippen LogP) is 3.56. The summed E-state index contributed by atoms with van der Waals surface area (Å²) in [6, 6.07) is 7.26. The number of ether oxygens (including phenoxy) is 2. The Morgan fingerprint density at radius 2 is 2.10 bits per heavy atom. The number of likely N-dealkylation sites (tertiary alicyclic amines) is 1. The molecule has 6 heteroatoms. The molecule has 31 heavy (non-hydrogen) atoms. The molecular weight excluding hydrogens is 394 g/mol. The van der Waals surface area contributed by atoms with Crippen molar-refractivity contribution in [1.82, 2.24) is 4.90 Å². The maximum absolute atomic E-state index is 12.8. The van der Waals surface area contributed by atoms with Crippen LogP contribution >= 0.6 is 0 Å². The molecule has 4 atom stereocenters. The second kappa shape index (κ2) is 8.97. The van der Waals surface area contributed by atoms with Crippen LogP contribution in [0.5, 0.6) is 5.75 Å². The van der Waals surface area contributed by atoms with Gasteiger partial charge >= 0.3 is 0 Å². The molecule has 1 aliphatic carbocycles. The Balaban J connectivity index is 1.54. The molecule has 0 unspecified atom stereocenters. The number of fused-ring (bicyclic) bond motifs is 3. The van der Waals surface area contributed by atoms with E-state index in [1.54, 1.807) is 26.3 Å². The first-order chi connectivity index (χ1) is 14.9. The van der Waals surface area contributed by atoms with E-state index in [2.05, 4.69) is 13.0 Å². The Labute approximate surface area is 183 Å². The maximum atomic E-state index is 12.8. The Hall–Kier alpha value is -2.44. The third kappa shape index (κ3) is 4.06. The van der Waals surface area contributed by atoms with Gasteiger partial charge in [0.05, 0.1) is 31.2 Å². The van der Waals surface area contributed by atoms with Gasteiger partial charge in [-0.3, -0.25) is 14.5 Å². The van der Waals surface area contributed by atoms with Crippen LogP contribution in [0.3, 0.4) is 0 Å². The van der Waals surface area contributed by atoms with Gasteiger partial charge in [0.15, 0.2) is 0 Å². The van der Waals surface area contributed by atoms with Crippen molar-refractivity contribution in [2.75, 3.05) is 27.4 Å². The van der Waals surface area contributed by atoms with Crippen molar-refractivity contribution < 1.29 is 24.2 Å². The Morgan fingerprint density at radius 1 is 1.29 bits per heavy atom. The van der Waals surface area contributed by atoms with Crippen LogP contribution in [0.2, 0.25) is 0 Å². The van der Waals surface area contributed by atoms with Gasteiger partial charge in [0.1, 0.15) is 5.75 Å². The van der Waals surface area contributed by atoms with E-state index in [1.165, 1.54) is 16.0 Å². The number of carbonyl (C=O) groups is 2. The van der Waals surface area contributed by atoms with Gasteiger partial charge in [-0.15, -0.1) is 0 Å². The molecule has 6 nitrogen and oxygen atoms in total.